The number of fused-ring (bicyclic) bond motifs is 2. The number of aliphatic hydroxyl groups excluding tert-OH is 2. The summed E-state index contributed by atoms with van der Waals surface area (Å²) in [5.74, 6) is -8.14. The van der Waals surface area contributed by atoms with Crippen LogP contribution in [0.3, 0.4) is 0 Å². The Morgan fingerprint density at radius 2 is 1.90 bits per heavy atom. The molecule has 212 valence electrons. The highest BCUT2D eigenvalue weighted by molar-refractivity contribution is 6.14. The quantitative estimate of drug-likeness (QED) is 0.178. The molecule has 2 fully saturated rings. The number of hydrogen-bond donors (Lipinski definition) is 5. The molecule has 0 radical (unpaired) electrons. The molecule has 0 bridgehead atoms. The molecule has 3 aliphatic carbocycles. The molecular formula is C28H31N3O9. The fourth-order valence-corrected chi connectivity index (χ4v) is 6.84. The SMILES string of the molecule is C=CCN(CC(=O)c1ccc(O)c2c1C[C@H]1C[C@H]3[C@H](N(C)C)C(O)=C(C(N)=O)C4(O)O[C@]34C(=O)C1=C2O)C(C)=O. The van der Waals surface area contributed by atoms with Gasteiger partial charge in [0.1, 0.15) is 22.8 Å². The monoisotopic (exact) mass is 553 g/mol. The van der Waals surface area contributed by atoms with Crippen molar-refractivity contribution in [2.75, 3.05) is 27.2 Å². The maximum Gasteiger partial charge on any atom is 0.253 e. The first-order valence-corrected chi connectivity index (χ1v) is 12.8. The zero-order chi connectivity index (χ0) is 29.5. The average molecular weight is 554 g/mol. The van der Waals surface area contributed by atoms with Gasteiger partial charge in [0.15, 0.2) is 11.4 Å². The molecule has 1 aromatic carbocycles. The van der Waals surface area contributed by atoms with Crippen LogP contribution in [0.4, 0.5) is 0 Å². The minimum Gasteiger partial charge on any atom is -0.510 e. The molecule has 1 heterocycles. The number of amides is 2. The van der Waals surface area contributed by atoms with Gasteiger partial charge in [0.2, 0.25) is 17.5 Å². The topological polar surface area (TPSA) is 194 Å². The maximum absolute atomic E-state index is 14.1. The second-order valence-electron chi connectivity index (χ2n) is 10.9. The van der Waals surface area contributed by atoms with Crippen LogP contribution in [0.5, 0.6) is 5.75 Å². The Kier molecular flexibility index (Phi) is 6.21. The molecule has 1 saturated carbocycles. The summed E-state index contributed by atoms with van der Waals surface area (Å²) in [6.45, 7) is 4.82. The van der Waals surface area contributed by atoms with Crippen LogP contribution in [0.1, 0.15) is 34.8 Å². The van der Waals surface area contributed by atoms with Crippen LogP contribution in [0.25, 0.3) is 5.76 Å². The normalized spacial score (nSPS) is 30.2. The van der Waals surface area contributed by atoms with Crippen molar-refractivity contribution in [3.8, 4) is 5.75 Å². The molecule has 5 atom stereocenters. The predicted octanol–water partition coefficient (Wildman–Crippen LogP) is 0.339. The first kappa shape index (κ1) is 27.6. The van der Waals surface area contributed by atoms with Crippen molar-refractivity contribution in [3.63, 3.8) is 0 Å². The van der Waals surface area contributed by atoms with Crippen molar-refractivity contribution < 1.29 is 44.3 Å². The molecule has 12 nitrogen and oxygen atoms in total. The van der Waals surface area contributed by atoms with E-state index in [0.29, 0.717) is 5.56 Å². The minimum atomic E-state index is -2.48. The lowest BCUT2D eigenvalue weighted by Crippen LogP contribution is -2.60. The summed E-state index contributed by atoms with van der Waals surface area (Å²) in [7, 11) is 3.25. The van der Waals surface area contributed by atoms with Crippen LogP contribution in [0.15, 0.2) is 41.7 Å². The first-order valence-electron chi connectivity index (χ1n) is 12.8. The van der Waals surface area contributed by atoms with E-state index in [4.69, 9.17) is 10.5 Å². The van der Waals surface area contributed by atoms with Crippen LogP contribution in [-0.2, 0) is 25.5 Å². The molecule has 0 aromatic heterocycles. The molecule has 1 spiro atoms. The minimum absolute atomic E-state index is 0.0653. The Labute approximate surface area is 229 Å². The number of carbonyl (C=O) groups excluding carboxylic acids is 4. The summed E-state index contributed by atoms with van der Waals surface area (Å²) in [4.78, 5) is 54.5. The number of nitrogens with zero attached hydrogens (tertiary/aromatic N) is 2. The summed E-state index contributed by atoms with van der Waals surface area (Å²) in [5.41, 5.74) is 3.14. The predicted molar refractivity (Wildman–Crippen MR) is 140 cm³/mol. The maximum atomic E-state index is 14.1. The number of epoxide rings is 1. The van der Waals surface area contributed by atoms with Crippen molar-refractivity contribution in [2.24, 2.45) is 17.6 Å². The Balaban J connectivity index is 1.63. The molecule has 1 unspecified atom stereocenters. The zero-order valence-electron chi connectivity index (χ0n) is 22.3. The second kappa shape index (κ2) is 9.01. The largest absolute Gasteiger partial charge is 0.510 e. The lowest BCUT2D eigenvalue weighted by Gasteiger charge is -2.46. The molecule has 2 amide bonds. The molecule has 1 saturated heterocycles. The van der Waals surface area contributed by atoms with E-state index in [2.05, 4.69) is 6.58 Å². The average Bonchev–Trinajstić information content (AvgIpc) is 3.48. The molecule has 5 rings (SSSR count). The van der Waals surface area contributed by atoms with Gasteiger partial charge in [0, 0.05) is 30.5 Å². The second-order valence-corrected chi connectivity index (χ2v) is 10.9. The van der Waals surface area contributed by atoms with Gasteiger partial charge in [0.25, 0.3) is 5.91 Å². The van der Waals surface area contributed by atoms with Gasteiger partial charge in [0.05, 0.1) is 18.2 Å². The van der Waals surface area contributed by atoms with Crippen molar-refractivity contribution in [1.29, 1.82) is 0 Å². The fourth-order valence-electron chi connectivity index (χ4n) is 6.84. The molecule has 4 aliphatic rings. The Bertz CT molecular complexity index is 1460. The highest BCUT2D eigenvalue weighted by atomic mass is 16.8. The van der Waals surface area contributed by atoms with Gasteiger partial charge >= 0.3 is 0 Å². The standard InChI is InChI=1S/C28H31N3O9/c1-5-8-31(12(2)32)11-18(34)14-6-7-17(33)20-15(14)9-13-10-16-22(30(3)4)24(36)21(26(29)38)28(39)27(16,40-28)25(37)19(13)23(20)35/h5-7,13,16,22,33,35-36,39H,1,8-11H2,2-4H3,(H2,29,38)/t13-,16-,22-,27-,28?/m0/s1. The molecule has 12 heteroatoms. The number of likely N-dealkylation sites (N-methyl/N-ethyl adjacent to an activating group) is 1. The van der Waals surface area contributed by atoms with Crippen LogP contribution < -0.4 is 5.73 Å². The molecular weight excluding hydrogens is 522 g/mol. The van der Waals surface area contributed by atoms with E-state index in [1.807, 2.05) is 0 Å². The van der Waals surface area contributed by atoms with E-state index < -0.39 is 63.8 Å². The molecule has 40 heavy (non-hydrogen) atoms. The highest BCUT2D eigenvalue weighted by Crippen LogP contribution is 2.67. The number of ether oxygens (including phenoxy) is 1. The first-order chi connectivity index (χ1) is 18.7. The molecule has 1 aromatic rings. The lowest BCUT2D eigenvalue weighted by atomic mass is 9.58. The summed E-state index contributed by atoms with van der Waals surface area (Å²) in [6, 6.07) is 1.71. The van der Waals surface area contributed by atoms with Gasteiger partial charge in [-0.05, 0) is 50.6 Å². The van der Waals surface area contributed by atoms with Crippen LogP contribution in [0.2, 0.25) is 0 Å². The van der Waals surface area contributed by atoms with E-state index in [0.717, 1.165) is 0 Å². The summed E-state index contributed by atoms with van der Waals surface area (Å²) >= 11 is 0. The van der Waals surface area contributed by atoms with Gasteiger partial charge in [-0.15, -0.1) is 6.58 Å². The van der Waals surface area contributed by atoms with Gasteiger partial charge in [-0.3, -0.25) is 24.1 Å². The third kappa shape index (κ3) is 3.49. The number of aliphatic hydroxyl groups is 3. The number of nitrogens with two attached hydrogens (primary N) is 1. The van der Waals surface area contributed by atoms with E-state index in [9.17, 15) is 39.6 Å². The number of rotatable bonds is 7. The number of carbonyl (C=O) groups is 4. The van der Waals surface area contributed by atoms with Gasteiger partial charge in [-0.2, -0.15) is 0 Å². The third-order valence-corrected chi connectivity index (χ3v) is 8.54. The van der Waals surface area contributed by atoms with Crippen molar-refractivity contribution in [2.45, 2.75) is 37.2 Å². The number of phenolic OH excluding ortho intramolecular Hbond substituents is 1. The smallest absolute Gasteiger partial charge is 0.253 e. The lowest BCUT2D eigenvalue weighted by molar-refractivity contribution is -0.128. The van der Waals surface area contributed by atoms with E-state index in [-0.39, 0.29) is 54.3 Å². The number of Topliss-reactive ketones (excluding diaryl/α,β-unsaturated/α-hetero) is 2. The van der Waals surface area contributed by atoms with Crippen LogP contribution >= 0.6 is 0 Å². The molecule has 1 aliphatic heterocycles. The van der Waals surface area contributed by atoms with E-state index in [1.54, 1.807) is 19.0 Å². The summed E-state index contributed by atoms with van der Waals surface area (Å²) in [5, 5.41) is 44.4. The number of ketones is 2. The van der Waals surface area contributed by atoms with E-state index >= 15 is 0 Å². The zero-order valence-corrected chi connectivity index (χ0v) is 22.3. The van der Waals surface area contributed by atoms with Crippen molar-refractivity contribution in [3.05, 3.63) is 58.4 Å². The van der Waals surface area contributed by atoms with Crippen molar-refractivity contribution in [1.82, 2.24) is 9.80 Å². The van der Waals surface area contributed by atoms with Crippen LogP contribution in [-0.4, -0.2) is 98.2 Å². The van der Waals surface area contributed by atoms with Crippen LogP contribution in [0, 0.1) is 11.8 Å². The fraction of sp³-hybridized carbons (Fsp3) is 0.429. The number of aromatic hydroxyl groups is 1. The van der Waals surface area contributed by atoms with Crippen molar-refractivity contribution >= 4 is 29.1 Å². The third-order valence-electron chi connectivity index (χ3n) is 8.54. The number of primary amides is 1. The number of benzene rings is 1. The Morgan fingerprint density at radius 1 is 1.23 bits per heavy atom. The highest BCUT2D eigenvalue weighted by Gasteiger charge is 2.85. The van der Waals surface area contributed by atoms with E-state index in [1.165, 1.54) is 30.0 Å². The van der Waals surface area contributed by atoms with Gasteiger partial charge in [-0.25, -0.2) is 0 Å². The van der Waals surface area contributed by atoms with Gasteiger partial charge in [-0.1, -0.05) is 6.08 Å². The number of phenols is 1. The Hall–Kier alpha value is -4.00. The summed E-state index contributed by atoms with van der Waals surface area (Å²) < 4.78 is 5.61. The number of hydrogen-bond acceptors (Lipinski definition) is 10. The summed E-state index contributed by atoms with van der Waals surface area (Å²) in [6.07, 6.45) is 1.67. The Morgan fingerprint density at radius 3 is 2.48 bits per heavy atom. The van der Waals surface area contributed by atoms with Gasteiger partial charge < -0.3 is 35.8 Å². The molecule has 6 N–H and O–H groups in total.